The van der Waals surface area contributed by atoms with Gasteiger partial charge in [0.15, 0.2) is 4.96 Å². The van der Waals surface area contributed by atoms with Crippen molar-refractivity contribution < 1.29 is 4.79 Å². The highest BCUT2D eigenvalue weighted by Gasteiger charge is 2.15. The molecule has 0 radical (unpaired) electrons. The van der Waals surface area contributed by atoms with E-state index in [1.165, 1.54) is 29.0 Å². The van der Waals surface area contributed by atoms with E-state index in [1.54, 1.807) is 0 Å². The number of rotatable bonds is 1. The lowest BCUT2D eigenvalue weighted by Crippen LogP contribution is -2.29. The van der Waals surface area contributed by atoms with Gasteiger partial charge in [0, 0.05) is 23.8 Å². The number of hydrogen-bond donors (Lipinski definition) is 1. The Hall–Kier alpha value is -1.69. The summed E-state index contributed by atoms with van der Waals surface area (Å²) in [6, 6.07) is 0. The van der Waals surface area contributed by atoms with E-state index in [-0.39, 0.29) is 11.1 Å². The van der Waals surface area contributed by atoms with Gasteiger partial charge in [0.1, 0.15) is 5.56 Å². The second-order valence-corrected chi connectivity index (χ2v) is 4.60. The molecule has 0 atom stereocenters. The number of fused-ring (bicyclic) bond motifs is 1. The number of nitrogens with one attached hydrogen (secondary N) is 1. The SMILES string of the molecule is CNC(=O)c1cnc2sc(C)c(C)n2c1=O. The molecule has 1 N–H and O–H groups in total. The van der Waals surface area contributed by atoms with Crippen LogP contribution in [-0.2, 0) is 0 Å². The lowest BCUT2D eigenvalue weighted by molar-refractivity contribution is 0.0961. The molecule has 0 bridgehead atoms. The zero-order valence-corrected chi connectivity index (χ0v) is 10.0. The lowest BCUT2D eigenvalue weighted by Gasteiger charge is -2.00. The molecule has 6 heteroatoms. The Morgan fingerprint density at radius 2 is 2.19 bits per heavy atom. The van der Waals surface area contributed by atoms with Gasteiger partial charge in [-0.25, -0.2) is 4.98 Å². The van der Waals surface area contributed by atoms with Crippen LogP contribution in [0.5, 0.6) is 0 Å². The van der Waals surface area contributed by atoms with E-state index in [4.69, 9.17) is 0 Å². The van der Waals surface area contributed by atoms with E-state index in [0.29, 0.717) is 4.96 Å². The van der Waals surface area contributed by atoms with E-state index in [1.807, 2.05) is 13.8 Å². The molecule has 0 aliphatic carbocycles. The first-order valence-electron chi connectivity index (χ1n) is 4.76. The summed E-state index contributed by atoms with van der Waals surface area (Å²) in [4.78, 5) is 29.2. The molecule has 84 valence electrons. The molecule has 2 aromatic heterocycles. The lowest BCUT2D eigenvalue weighted by atomic mass is 10.3. The monoisotopic (exact) mass is 237 g/mol. The van der Waals surface area contributed by atoms with Crippen molar-refractivity contribution in [2.75, 3.05) is 7.05 Å². The molecule has 5 nitrogen and oxygen atoms in total. The second-order valence-electron chi connectivity index (χ2n) is 3.42. The number of hydrogen-bond acceptors (Lipinski definition) is 4. The molecule has 2 heterocycles. The summed E-state index contributed by atoms with van der Waals surface area (Å²) in [7, 11) is 1.49. The van der Waals surface area contributed by atoms with Gasteiger partial charge in [0.25, 0.3) is 11.5 Å². The predicted molar refractivity (Wildman–Crippen MR) is 62.2 cm³/mol. The van der Waals surface area contributed by atoms with Gasteiger partial charge < -0.3 is 5.32 Å². The van der Waals surface area contributed by atoms with Crippen LogP contribution in [0.15, 0.2) is 11.0 Å². The van der Waals surface area contributed by atoms with Crippen LogP contribution in [0.4, 0.5) is 0 Å². The molecule has 16 heavy (non-hydrogen) atoms. The van der Waals surface area contributed by atoms with Gasteiger partial charge in [-0.15, -0.1) is 11.3 Å². The topological polar surface area (TPSA) is 63.5 Å². The van der Waals surface area contributed by atoms with Crippen LogP contribution in [0, 0.1) is 13.8 Å². The first kappa shape index (κ1) is 10.8. The van der Waals surface area contributed by atoms with Crippen LogP contribution >= 0.6 is 11.3 Å². The van der Waals surface area contributed by atoms with Crippen LogP contribution in [-0.4, -0.2) is 22.3 Å². The number of carbonyl (C=O) groups excluding carboxylic acids is 1. The molecule has 0 fully saturated rings. The predicted octanol–water partition coefficient (Wildman–Crippen LogP) is 0.732. The fourth-order valence-electron chi connectivity index (χ4n) is 1.47. The third kappa shape index (κ3) is 1.42. The van der Waals surface area contributed by atoms with Crippen molar-refractivity contribution in [3.05, 3.63) is 32.7 Å². The molecule has 1 amide bonds. The van der Waals surface area contributed by atoms with Crippen LogP contribution in [0.2, 0.25) is 0 Å². The van der Waals surface area contributed by atoms with Crippen LogP contribution in [0.25, 0.3) is 4.96 Å². The van der Waals surface area contributed by atoms with Crippen LogP contribution < -0.4 is 10.9 Å². The Morgan fingerprint density at radius 3 is 2.81 bits per heavy atom. The van der Waals surface area contributed by atoms with Crippen molar-refractivity contribution in [3.63, 3.8) is 0 Å². The molecule has 0 unspecified atom stereocenters. The molecule has 0 saturated heterocycles. The quantitative estimate of drug-likeness (QED) is 0.795. The van der Waals surface area contributed by atoms with Crippen molar-refractivity contribution in [2.24, 2.45) is 0 Å². The first-order chi connectivity index (χ1) is 7.56. The number of amides is 1. The first-order valence-corrected chi connectivity index (χ1v) is 5.57. The standard InChI is InChI=1S/C10H11N3O2S/c1-5-6(2)16-10-12-4-7(8(14)11-3)9(15)13(5)10/h4H,1-3H3,(H,11,14). The van der Waals surface area contributed by atoms with Crippen LogP contribution in [0.1, 0.15) is 20.9 Å². The van der Waals surface area contributed by atoms with Crippen molar-refractivity contribution in [1.82, 2.24) is 14.7 Å². The highest BCUT2D eigenvalue weighted by Crippen LogP contribution is 2.18. The number of carbonyl (C=O) groups is 1. The Balaban J connectivity index is 2.84. The Labute approximate surface area is 95.8 Å². The van der Waals surface area contributed by atoms with Gasteiger partial charge in [-0.3, -0.25) is 14.0 Å². The Kier molecular flexibility index (Phi) is 2.51. The van der Waals surface area contributed by atoms with Gasteiger partial charge in [-0.2, -0.15) is 0 Å². The fourth-order valence-corrected chi connectivity index (χ4v) is 2.40. The molecule has 0 saturated carbocycles. The van der Waals surface area contributed by atoms with Crippen molar-refractivity contribution in [1.29, 1.82) is 0 Å². The third-order valence-electron chi connectivity index (χ3n) is 2.49. The summed E-state index contributed by atoms with van der Waals surface area (Å²) in [5.41, 5.74) is 0.593. The normalized spacial score (nSPS) is 10.7. The summed E-state index contributed by atoms with van der Waals surface area (Å²) in [5.74, 6) is -0.407. The molecule has 2 rings (SSSR count). The van der Waals surface area contributed by atoms with Gasteiger partial charge in [-0.1, -0.05) is 0 Å². The number of nitrogens with zero attached hydrogens (tertiary/aromatic N) is 2. The average Bonchev–Trinajstić information content (AvgIpc) is 2.55. The minimum absolute atomic E-state index is 0.0703. The van der Waals surface area contributed by atoms with E-state index in [2.05, 4.69) is 10.3 Å². The maximum Gasteiger partial charge on any atom is 0.271 e. The van der Waals surface area contributed by atoms with Crippen molar-refractivity contribution in [3.8, 4) is 0 Å². The third-order valence-corrected chi connectivity index (χ3v) is 3.56. The number of aryl methyl sites for hydroxylation is 2. The maximum atomic E-state index is 12.0. The summed E-state index contributed by atoms with van der Waals surface area (Å²) < 4.78 is 1.48. The van der Waals surface area contributed by atoms with Gasteiger partial charge in [0.2, 0.25) is 0 Å². The molecule has 0 aromatic carbocycles. The molecule has 0 spiro atoms. The summed E-state index contributed by atoms with van der Waals surface area (Å²) in [6.45, 7) is 3.77. The summed E-state index contributed by atoms with van der Waals surface area (Å²) >= 11 is 1.44. The molecular weight excluding hydrogens is 226 g/mol. The van der Waals surface area contributed by atoms with Gasteiger partial charge in [-0.05, 0) is 13.8 Å². The van der Waals surface area contributed by atoms with E-state index in [0.717, 1.165) is 10.6 Å². The molecule has 2 aromatic rings. The van der Waals surface area contributed by atoms with Gasteiger partial charge in [0.05, 0.1) is 0 Å². The Morgan fingerprint density at radius 1 is 1.50 bits per heavy atom. The zero-order chi connectivity index (χ0) is 11.9. The minimum Gasteiger partial charge on any atom is -0.355 e. The largest absolute Gasteiger partial charge is 0.355 e. The molecule has 0 aliphatic heterocycles. The van der Waals surface area contributed by atoms with E-state index < -0.39 is 5.91 Å². The number of thiazole rings is 1. The molecular formula is C10H11N3O2S. The fraction of sp³-hybridized carbons (Fsp3) is 0.300. The summed E-state index contributed by atoms with van der Waals surface area (Å²) in [6.07, 6.45) is 1.33. The highest BCUT2D eigenvalue weighted by molar-refractivity contribution is 7.17. The minimum atomic E-state index is -0.407. The second kappa shape index (κ2) is 3.71. The van der Waals surface area contributed by atoms with Crippen LogP contribution in [0.3, 0.4) is 0 Å². The van der Waals surface area contributed by atoms with Crippen molar-refractivity contribution >= 4 is 22.2 Å². The average molecular weight is 237 g/mol. The summed E-state index contributed by atoms with van der Waals surface area (Å²) in [5, 5.41) is 2.42. The smallest absolute Gasteiger partial charge is 0.271 e. The number of aromatic nitrogens is 2. The van der Waals surface area contributed by atoms with Gasteiger partial charge >= 0.3 is 0 Å². The van der Waals surface area contributed by atoms with E-state index in [9.17, 15) is 9.59 Å². The van der Waals surface area contributed by atoms with Crippen molar-refractivity contribution in [2.45, 2.75) is 13.8 Å². The Bertz CT molecular complexity index is 627. The zero-order valence-electron chi connectivity index (χ0n) is 9.20. The maximum absolute atomic E-state index is 12.0. The van der Waals surface area contributed by atoms with E-state index >= 15 is 0 Å². The molecule has 0 aliphatic rings. The highest BCUT2D eigenvalue weighted by atomic mass is 32.1.